The van der Waals surface area contributed by atoms with Crippen LogP contribution in [0.2, 0.25) is 0 Å². The van der Waals surface area contributed by atoms with Gasteiger partial charge in [0, 0.05) is 37.8 Å². The molecular formula is C23H34N2O5. The Morgan fingerprint density at radius 3 is 2.50 bits per heavy atom. The van der Waals surface area contributed by atoms with E-state index in [-0.39, 0.29) is 23.5 Å². The van der Waals surface area contributed by atoms with Crippen LogP contribution in [0.4, 0.5) is 0 Å². The fourth-order valence-electron chi connectivity index (χ4n) is 5.14. The van der Waals surface area contributed by atoms with Crippen LogP contribution >= 0.6 is 0 Å². The molecule has 1 N–H and O–H groups in total. The first-order chi connectivity index (χ1) is 14.5. The summed E-state index contributed by atoms with van der Waals surface area (Å²) < 4.78 is 16.8. The number of nitrogens with zero attached hydrogens (tertiary/aromatic N) is 2. The minimum Gasteiger partial charge on any atom is -0.497 e. The Kier molecular flexibility index (Phi) is 6.51. The first-order valence-electron chi connectivity index (χ1n) is 11.0. The Morgan fingerprint density at radius 2 is 1.87 bits per heavy atom. The molecule has 4 rings (SSSR count). The van der Waals surface area contributed by atoms with Crippen molar-refractivity contribution in [2.45, 2.75) is 44.3 Å². The van der Waals surface area contributed by atoms with E-state index in [1.54, 1.807) is 32.4 Å². The van der Waals surface area contributed by atoms with Gasteiger partial charge >= 0.3 is 0 Å². The Balaban J connectivity index is 1.32. The first-order valence-corrected chi connectivity index (χ1v) is 11.0. The predicted octanol–water partition coefficient (Wildman–Crippen LogP) is 2.17. The number of aliphatic hydroxyl groups is 1. The van der Waals surface area contributed by atoms with E-state index in [2.05, 4.69) is 4.90 Å². The summed E-state index contributed by atoms with van der Waals surface area (Å²) >= 11 is 0. The Hall–Kier alpha value is -1.83. The number of β-amino-alcohol motifs (C(OH)–C–C–N with tert-alkyl or cyclic N) is 1. The average Bonchev–Trinajstić information content (AvgIpc) is 3.15. The Bertz CT molecular complexity index is 725. The molecule has 0 aliphatic carbocycles. The lowest BCUT2D eigenvalue weighted by atomic mass is 9.76. The van der Waals surface area contributed by atoms with E-state index in [0.717, 1.165) is 71.4 Å². The van der Waals surface area contributed by atoms with Gasteiger partial charge in [-0.25, -0.2) is 0 Å². The van der Waals surface area contributed by atoms with Crippen LogP contribution in [0.1, 0.15) is 42.5 Å². The summed E-state index contributed by atoms with van der Waals surface area (Å²) in [6.07, 6.45) is 5.01. The molecule has 0 aromatic heterocycles. The zero-order valence-electron chi connectivity index (χ0n) is 18.1. The zero-order valence-corrected chi connectivity index (χ0v) is 18.1. The molecule has 3 saturated heterocycles. The third-order valence-corrected chi connectivity index (χ3v) is 6.94. The van der Waals surface area contributed by atoms with E-state index < -0.39 is 0 Å². The van der Waals surface area contributed by atoms with Gasteiger partial charge in [0.1, 0.15) is 11.5 Å². The van der Waals surface area contributed by atoms with Crippen molar-refractivity contribution in [3.8, 4) is 11.5 Å². The summed E-state index contributed by atoms with van der Waals surface area (Å²) in [6.45, 7) is 5.00. The Morgan fingerprint density at radius 1 is 1.17 bits per heavy atom. The van der Waals surface area contributed by atoms with Crippen LogP contribution in [0, 0.1) is 5.41 Å². The molecule has 2 atom stereocenters. The van der Waals surface area contributed by atoms with E-state index in [4.69, 9.17) is 14.2 Å². The number of aliphatic hydroxyl groups excluding tert-OH is 1. The third-order valence-electron chi connectivity index (χ3n) is 6.94. The van der Waals surface area contributed by atoms with E-state index in [0.29, 0.717) is 17.1 Å². The molecular weight excluding hydrogens is 384 g/mol. The van der Waals surface area contributed by atoms with Crippen LogP contribution in [0.15, 0.2) is 18.2 Å². The molecule has 30 heavy (non-hydrogen) atoms. The van der Waals surface area contributed by atoms with Crippen molar-refractivity contribution in [1.82, 2.24) is 9.80 Å². The van der Waals surface area contributed by atoms with Gasteiger partial charge in [-0.05, 0) is 56.2 Å². The second-order valence-corrected chi connectivity index (χ2v) is 9.09. The normalized spacial score (nSPS) is 26.7. The first kappa shape index (κ1) is 21.4. The second-order valence-electron chi connectivity index (χ2n) is 9.09. The molecule has 3 heterocycles. The number of carbonyl (C=O) groups excluding carboxylic acids is 1. The van der Waals surface area contributed by atoms with Crippen LogP contribution in [0.3, 0.4) is 0 Å². The number of piperidine rings is 2. The van der Waals surface area contributed by atoms with E-state index in [1.165, 1.54) is 0 Å². The summed E-state index contributed by atoms with van der Waals surface area (Å²) in [5, 5.41) is 9.90. The standard InChI is InChI=1S/C23H34N2O5/c1-28-19-10-17(11-20(12-19)29-2)22(27)25-8-5-23(6-9-25)13-21(30-16-23)15-24-7-3-4-18(26)14-24/h10-12,18,21,26H,3-9,13-16H2,1-2H3/t18-,21-/m1/s1. The van der Waals surface area contributed by atoms with Crippen LogP contribution in [0.5, 0.6) is 11.5 Å². The van der Waals surface area contributed by atoms with E-state index in [1.807, 2.05) is 4.90 Å². The molecule has 0 saturated carbocycles. The van der Waals surface area contributed by atoms with Crippen molar-refractivity contribution in [2.24, 2.45) is 5.41 Å². The van der Waals surface area contributed by atoms with Gasteiger partial charge in [0.15, 0.2) is 0 Å². The number of hydrogen-bond acceptors (Lipinski definition) is 6. The van der Waals surface area contributed by atoms with Crippen molar-refractivity contribution in [1.29, 1.82) is 0 Å². The van der Waals surface area contributed by atoms with Gasteiger partial charge in [0.25, 0.3) is 5.91 Å². The maximum atomic E-state index is 13.1. The summed E-state index contributed by atoms with van der Waals surface area (Å²) in [5.74, 6) is 1.28. The highest BCUT2D eigenvalue weighted by molar-refractivity contribution is 5.95. The topological polar surface area (TPSA) is 71.5 Å². The molecule has 1 aromatic rings. The second kappa shape index (κ2) is 9.12. The molecule has 3 fully saturated rings. The lowest BCUT2D eigenvalue weighted by Crippen LogP contribution is -2.44. The fraction of sp³-hybridized carbons (Fsp3) is 0.696. The minimum absolute atomic E-state index is 0.0276. The van der Waals surface area contributed by atoms with Gasteiger partial charge in [-0.3, -0.25) is 9.69 Å². The molecule has 7 nitrogen and oxygen atoms in total. The number of amides is 1. The Labute approximate surface area is 178 Å². The highest BCUT2D eigenvalue weighted by Crippen LogP contribution is 2.42. The fourth-order valence-corrected chi connectivity index (χ4v) is 5.14. The van der Waals surface area contributed by atoms with Crippen molar-refractivity contribution in [3.05, 3.63) is 23.8 Å². The van der Waals surface area contributed by atoms with Gasteiger partial charge in [-0.1, -0.05) is 0 Å². The number of benzene rings is 1. The third kappa shape index (κ3) is 4.74. The van der Waals surface area contributed by atoms with Gasteiger partial charge in [-0.2, -0.15) is 0 Å². The van der Waals surface area contributed by atoms with Gasteiger partial charge in [0.2, 0.25) is 0 Å². The molecule has 1 aromatic carbocycles. The predicted molar refractivity (Wildman–Crippen MR) is 113 cm³/mol. The quantitative estimate of drug-likeness (QED) is 0.790. The monoisotopic (exact) mass is 418 g/mol. The molecule has 0 radical (unpaired) electrons. The number of ether oxygens (including phenoxy) is 3. The molecule has 166 valence electrons. The molecule has 7 heteroatoms. The number of likely N-dealkylation sites (tertiary alicyclic amines) is 2. The molecule has 0 unspecified atom stereocenters. The number of rotatable bonds is 5. The van der Waals surface area contributed by atoms with E-state index in [9.17, 15) is 9.90 Å². The van der Waals surface area contributed by atoms with Gasteiger partial charge < -0.3 is 24.2 Å². The summed E-state index contributed by atoms with van der Waals surface area (Å²) in [6, 6.07) is 5.33. The van der Waals surface area contributed by atoms with Crippen LogP contribution < -0.4 is 9.47 Å². The molecule has 1 spiro atoms. The maximum Gasteiger partial charge on any atom is 0.254 e. The summed E-state index contributed by atoms with van der Waals surface area (Å²) in [7, 11) is 3.18. The summed E-state index contributed by atoms with van der Waals surface area (Å²) in [4.78, 5) is 17.3. The summed E-state index contributed by atoms with van der Waals surface area (Å²) in [5.41, 5.74) is 0.786. The van der Waals surface area contributed by atoms with Crippen molar-refractivity contribution < 1.29 is 24.1 Å². The van der Waals surface area contributed by atoms with Crippen molar-refractivity contribution >= 4 is 5.91 Å². The molecule has 1 amide bonds. The van der Waals surface area contributed by atoms with Gasteiger partial charge in [-0.15, -0.1) is 0 Å². The lowest BCUT2D eigenvalue weighted by molar-refractivity contribution is 0.0227. The SMILES string of the molecule is COc1cc(OC)cc(C(=O)N2CCC3(CC2)CO[C@@H](CN2CCC[C@@H](O)C2)C3)c1. The van der Waals surface area contributed by atoms with Crippen LogP contribution in [-0.4, -0.2) is 86.6 Å². The average molecular weight is 419 g/mol. The number of hydrogen-bond donors (Lipinski definition) is 1. The van der Waals surface area contributed by atoms with E-state index >= 15 is 0 Å². The lowest BCUT2D eigenvalue weighted by Gasteiger charge is -2.38. The smallest absolute Gasteiger partial charge is 0.254 e. The molecule has 0 bridgehead atoms. The minimum atomic E-state index is -0.196. The number of methoxy groups -OCH3 is 2. The largest absolute Gasteiger partial charge is 0.497 e. The van der Waals surface area contributed by atoms with Crippen molar-refractivity contribution in [2.75, 3.05) is 53.6 Å². The van der Waals surface area contributed by atoms with Gasteiger partial charge in [0.05, 0.1) is 33.0 Å². The van der Waals surface area contributed by atoms with Crippen molar-refractivity contribution in [3.63, 3.8) is 0 Å². The zero-order chi connectivity index (χ0) is 21.1. The highest BCUT2D eigenvalue weighted by Gasteiger charge is 2.43. The number of carbonyl (C=O) groups is 1. The highest BCUT2D eigenvalue weighted by atomic mass is 16.5. The maximum absolute atomic E-state index is 13.1. The van der Waals surface area contributed by atoms with Crippen LogP contribution in [0.25, 0.3) is 0 Å². The molecule has 3 aliphatic rings. The van der Waals surface area contributed by atoms with Crippen LogP contribution in [-0.2, 0) is 4.74 Å². The molecule has 3 aliphatic heterocycles.